The van der Waals surface area contributed by atoms with Gasteiger partial charge in [0.2, 0.25) is 0 Å². The van der Waals surface area contributed by atoms with Gasteiger partial charge in [-0.05, 0) is 47.9 Å². The Balaban J connectivity index is 1.71. The molecule has 1 aliphatic heterocycles. The van der Waals surface area contributed by atoms with Gasteiger partial charge in [-0.2, -0.15) is 13.2 Å². The maximum atomic E-state index is 13.1. The third-order valence-electron chi connectivity index (χ3n) is 4.57. The number of hydrogen-bond donors (Lipinski definition) is 1. The third kappa shape index (κ3) is 3.08. The van der Waals surface area contributed by atoms with E-state index in [4.69, 9.17) is 4.74 Å². The molecule has 136 valence electrons. The quantitative estimate of drug-likeness (QED) is 0.771. The highest BCUT2D eigenvalue weighted by molar-refractivity contribution is 5.82. The standard InChI is InChI=1S/C19H17F3N2O2/c1-12-4-14(6-15(5-12)19(20,21)22)13-2-3-17-16(7-13)23-11-24(17)8-18(25)9-26-10-18/h2-7,11,25H,8-10H2,1H3. The Bertz CT molecular complexity index is 975. The second kappa shape index (κ2) is 5.82. The Morgan fingerprint density at radius 2 is 1.92 bits per heavy atom. The summed E-state index contributed by atoms with van der Waals surface area (Å²) in [6.45, 7) is 2.58. The van der Waals surface area contributed by atoms with Crippen LogP contribution < -0.4 is 0 Å². The number of alkyl halides is 3. The van der Waals surface area contributed by atoms with E-state index in [1.54, 1.807) is 31.5 Å². The van der Waals surface area contributed by atoms with E-state index in [9.17, 15) is 18.3 Å². The first-order valence-corrected chi connectivity index (χ1v) is 8.18. The topological polar surface area (TPSA) is 47.3 Å². The molecule has 1 aliphatic rings. The van der Waals surface area contributed by atoms with Gasteiger partial charge in [0.15, 0.2) is 0 Å². The van der Waals surface area contributed by atoms with Crippen LogP contribution in [0.25, 0.3) is 22.2 Å². The van der Waals surface area contributed by atoms with Gasteiger partial charge in [-0.25, -0.2) is 4.98 Å². The van der Waals surface area contributed by atoms with Crippen molar-refractivity contribution in [3.8, 4) is 11.1 Å². The van der Waals surface area contributed by atoms with Crippen LogP contribution in [-0.2, 0) is 17.5 Å². The first kappa shape index (κ1) is 17.1. The van der Waals surface area contributed by atoms with Crippen molar-refractivity contribution >= 4 is 11.0 Å². The Hall–Kier alpha value is -2.38. The molecule has 4 nitrogen and oxygen atoms in total. The van der Waals surface area contributed by atoms with Crippen molar-refractivity contribution in [1.29, 1.82) is 0 Å². The van der Waals surface area contributed by atoms with Crippen LogP contribution in [0.1, 0.15) is 11.1 Å². The second-order valence-corrected chi connectivity index (χ2v) is 6.88. The normalized spacial score (nSPS) is 16.7. The van der Waals surface area contributed by atoms with Gasteiger partial charge < -0.3 is 14.4 Å². The summed E-state index contributed by atoms with van der Waals surface area (Å²) in [5.74, 6) is 0. The van der Waals surface area contributed by atoms with Gasteiger partial charge in [0, 0.05) is 0 Å². The molecule has 26 heavy (non-hydrogen) atoms. The number of benzene rings is 2. The van der Waals surface area contributed by atoms with Crippen molar-refractivity contribution in [1.82, 2.24) is 9.55 Å². The number of aliphatic hydroxyl groups is 1. The van der Waals surface area contributed by atoms with Gasteiger partial charge >= 0.3 is 6.18 Å². The maximum absolute atomic E-state index is 13.1. The maximum Gasteiger partial charge on any atom is 0.416 e. The van der Waals surface area contributed by atoms with Gasteiger partial charge in [0.25, 0.3) is 0 Å². The fourth-order valence-corrected chi connectivity index (χ4v) is 3.23. The first-order chi connectivity index (χ1) is 12.2. The summed E-state index contributed by atoms with van der Waals surface area (Å²) >= 11 is 0. The monoisotopic (exact) mass is 362 g/mol. The average molecular weight is 362 g/mol. The van der Waals surface area contributed by atoms with Crippen molar-refractivity contribution < 1.29 is 23.0 Å². The highest BCUT2D eigenvalue weighted by Gasteiger charge is 2.36. The predicted molar refractivity (Wildman–Crippen MR) is 90.7 cm³/mol. The largest absolute Gasteiger partial charge is 0.416 e. The van der Waals surface area contributed by atoms with Crippen LogP contribution in [0, 0.1) is 6.92 Å². The fourth-order valence-electron chi connectivity index (χ4n) is 3.23. The number of hydrogen-bond acceptors (Lipinski definition) is 3. The summed E-state index contributed by atoms with van der Waals surface area (Å²) in [5, 5.41) is 10.2. The minimum Gasteiger partial charge on any atom is -0.383 e. The van der Waals surface area contributed by atoms with Crippen LogP contribution in [0.2, 0.25) is 0 Å². The minimum absolute atomic E-state index is 0.286. The van der Waals surface area contributed by atoms with E-state index in [2.05, 4.69) is 4.98 Å². The summed E-state index contributed by atoms with van der Waals surface area (Å²) in [7, 11) is 0. The van der Waals surface area contributed by atoms with E-state index in [0.29, 0.717) is 28.8 Å². The number of halogens is 3. The van der Waals surface area contributed by atoms with Crippen LogP contribution in [0.5, 0.6) is 0 Å². The molecule has 0 bridgehead atoms. The van der Waals surface area contributed by atoms with Gasteiger partial charge in [-0.15, -0.1) is 0 Å². The highest BCUT2D eigenvalue weighted by atomic mass is 19.4. The van der Waals surface area contributed by atoms with Crippen molar-refractivity contribution in [2.75, 3.05) is 13.2 Å². The van der Waals surface area contributed by atoms with Gasteiger partial charge in [-0.3, -0.25) is 0 Å². The molecule has 0 radical (unpaired) electrons. The summed E-state index contributed by atoms with van der Waals surface area (Å²) in [5.41, 5.74) is 1.66. The zero-order valence-corrected chi connectivity index (χ0v) is 14.0. The van der Waals surface area contributed by atoms with Crippen LogP contribution in [0.3, 0.4) is 0 Å². The number of imidazole rings is 1. The van der Waals surface area contributed by atoms with E-state index >= 15 is 0 Å². The van der Waals surface area contributed by atoms with Crippen LogP contribution in [0.15, 0.2) is 42.7 Å². The molecule has 0 aliphatic carbocycles. The Labute approximate surface area is 147 Å². The molecule has 0 spiro atoms. The zero-order valence-electron chi connectivity index (χ0n) is 14.0. The Kier molecular flexibility index (Phi) is 3.82. The smallest absolute Gasteiger partial charge is 0.383 e. The molecule has 1 fully saturated rings. The average Bonchev–Trinajstić information content (AvgIpc) is 2.94. The number of aryl methyl sites for hydroxylation is 1. The summed E-state index contributed by atoms with van der Waals surface area (Å²) in [4.78, 5) is 4.33. The number of fused-ring (bicyclic) bond motifs is 1. The van der Waals surface area contributed by atoms with Gasteiger partial charge in [-0.1, -0.05) is 12.1 Å². The Morgan fingerprint density at radius 1 is 1.15 bits per heavy atom. The highest BCUT2D eigenvalue weighted by Crippen LogP contribution is 2.34. The van der Waals surface area contributed by atoms with Crippen molar-refractivity contribution in [2.45, 2.75) is 25.2 Å². The first-order valence-electron chi connectivity index (χ1n) is 8.18. The van der Waals surface area contributed by atoms with Crippen LogP contribution in [-0.4, -0.2) is 33.5 Å². The molecule has 0 unspecified atom stereocenters. The molecule has 0 amide bonds. The van der Waals surface area contributed by atoms with E-state index in [-0.39, 0.29) is 13.2 Å². The minimum atomic E-state index is -4.38. The van der Waals surface area contributed by atoms with Gasteiger partial charge in [0.1, 0.15) is 5.60 Å². The zero-order chi connectivity index (χ0) is 18.5. The Morgan fingerprint density at radius 3 is 2.58 bits per heavy atom. The lowest BCUT2D eigenvalue weighted by Crippen LogP contribution is -2.52. The second-order valence-electron chi connectivity index (χ2n) is 6.88. The number of ether oxygens (including phenoxy) is 1. The predicted octanol–water partition coefficient (Wildman–Crippen LogP) is 3.79. The molecule has 1 N–H and O–H groups in total. The molecule has 1 aromatic heterocycles. The van der Waals surface area contributed by atoms with Crippen molar-refractivity contribution in [3.05, 3.63) is 53.9 Å². The molecule has 7 heteroatoms. The molecule has 4 rings (SSSR count). The number of nitrogens with zero attached hydrogens (tertiary/aromatic N) is 2. The van der Waals surface area contributed by atoms with Crippen LogP contribution in [0.4, 0.5) is 13.2 Å². The molecule has 2 aromatic carbocycles. The van der Waals surface area contributed by atoms with E-state index in [1.807, 2.05) is 10.6 Å². The molecular formula is C19H17F3N2O2. The summed E-state index contributed by atoms with van der Waals surface area (Å²) < 4.78 is 46.1. The molecule has 1 saturated heterocycles. The van der Waals surface area contributed by atoms with Crippen molar-refractivity contribution in [2.24, 2.45) is 0 Å². The van der Waals surface area contributed by atoms with Crippen molar-refractivity contribution in [3.63, 3.8) is 0 Å². The summed E-state index contributed by atoms with van der Waals surface area (Å²) in [6, 6.07) is 9.37. The summed E-state index contributed by atoms with van der Waals surface area (Å²) in [6.07, 6.45) is -2.76. The number of rotatable bonds is 3. The lowest BCUT2D eigenvalue weighted by atomic mass is 9.99. The van der Waals surface area contributed by atoms with E-state index in [0.717, 1.165) is 17.6 Å². The SMILES string of the molecule is Cc1cc(-c2ccc3c(c2)ncn3CC2(O)COC2)cc(C(F)(F)F)c1. The molecule has 3 aromatic rings. The molecule has 0 atom stereocenters. The lowest BCUT2D eigenvalue weighted by molar-refractivity contribution is -0.184. The van der Waals surface area contributed by atoms with Crippen LogP contribution >= 0.6 is 0 Å². The van der Waals surface area contributed by atoms with E-state index in [1.165, 1.54) is 0 Å². The lowest BCUT2D eigenvalue weighted by Gasteiger charge is -2.36. The van der Waals surface area contributed by atoms with E-state index < -0.39 is 17.3 Å². The molecule has 2 heterocycles. The molecule has 0 saturated carbocycles. The number of aromatic nitrogens is 2. The third-order valence-corrected chi connectivity index (χ3v) is 4.57. The van der Waals surface area contributed by atoms with Gasteiger partial charge in [0.05, 0.1) is 42.7 Å². The fraction of sp³-hybridized carbons (Fsp3) is 0.316. The molecular weight excluding hydrogens is 345 g/mol.